The summed E-state index contributed by atoms with van der Waals surface area (Å²) >= 11 is 0. The van der Waals surface area contributed by atoms with Crippen LogP contribution in [0.4, 0.5) is 0 Å². The van der Waals surface area contributed by atoms with Crippen LogP contribution in [-0.4, -0.2) is 174 Å². The molecule has 64 heavy (non-hydrogen) atoms. The first-order valence-corrected chi connectivity index (χ1v) is 23.9. The van der Waals surface area contributed by atoms with Crippen LogP contribution in [0.3, 0.4) is 0 Å². The van der Waals surface area contributed by atoms with Gasteiger partial charge in [0, 0.05) is 23.2 Å². The van der Waals surface area contributed by atoms with E-state index >= 15 is 0 Å². The first-order valence-electron chi connectivity index (χ1n) is 23.9. The van der Waals surface area contributed by atoms with Crippen molar-refractivity contribution in [2.75, 3.05) is 13.2 Å². The van der Waals surface area contributed by atoms with Gasteiger partial charge in [0.05, 0.1) is 37.1 Å². The highest BCUT2D eigenvalue weighted by Gasteiger charge is 2.75. The molecule has 25 unspecified atom stereocenters. The summed E-state index contributed by atoms with van der Waals surface area (Å²) in [6.07, 6.45) is -15.2. The molecule has 0 bridgehead atoms. The van der Waals surface area contributed by atoms with Crippen molar-refractivity contribution in [2.45, 2.75) is 218 Å². The van der Waals surface area contributed by atoms with E-state index in [0.29, 0.717) is 25.7 Å². The maximum absolute atomic E-state index is 15.0. The molecule has 0 aromatic rings. The quantitative estimate of drug-likeness (QED) is 0.149. The van der Waals surface area contributed by atoms with Crippen molar-refractivity contribution in [1.82, 2.24) is 0 Å². The fourth-order valence-electron chi connectivity index (χ4n) is 16.1. The summed E-state index contributed by atoms with van der Waals surface area (Å²) in [5, 5.41) is 108. The Hall–Kier alpha value is -0.970. The molecule has 8 rings (SSSR count). The minimum atomic E-state index is -1.68. The number of carbonyl (C=O) groups excluding carboxylic acids is 1. The van der Waals surface area contributed by atoms with Gasteiger partial charge in [0.1, 0.15) is 66.8 Å². The van der Waals surface area contributed by atoms with Gasteiger partial charge in [-0.25, -0.2) is 0 Å². The predicted molar refractivity (Wildman–Crippen MR) is 224 cm³/mol. The minimum Gasteiger partial charge on any atom is -0.394 e. The predicted octanol–water partition coefficient (Wildman–Crippen LogP) is 0.509. The Bertz CT molecular complexity index is 1710. The van der Waals surface area contributed by atoms with E-state index < -0.39 is 132 Å². The number of fused-ring (bicyclic) bond motifs is 7. The molecule has 17 heteroatoms. The van der Waals surface area contributed by atoms with Gasteiger partial charge in [0.25, 0.3) is 0 Å². The minimum absolute atomic E-state index is 0.00550. The molecule has 0 radical (unpaired) electrons. The van der Waals surface area contributed by atoms with Gasteiger partial charge >= 0.3 is 0 Å². The molecule has 10 N–H and O–H groups in total. The van der Waals surface area contributed by atoms with Gasteiger partial charge < -0.3 is 79.5 Å². The molecule has 8 fully saturated rings. The average molecular weight is 915 g/mol. The Morgan fingerprint density at radius 2 is 1.33 bits per heavy atom. The first kappa shape index (κ1) is 49.5. The van der Waals surface area contributed by atoms with E-state index in [2.05, 4.69) is 41.5 Å². The Labute approximate surface area is 376 Å². The van der Waals surface area contributed by atoms with Crippen LogP contribution in [0.2, 0.25) is 0 Å². The highest BCUT2D eigenvalue weighted by atomic mass is 16.7. The SMILES string of the molecule is CC1OC(OC2C(CO)OC(OC(C)(C)C3CCC4(C)C3CC(O)C3(C)C4CCC4C5(C)CCC(OC6OCC(O)C(O)C6O)C(C)(C)C5C(=O)CC43C)C(O)C2O)C(O)C(O)C1O. The van der Waals surface area contributed by atoms with E-state index in [1.54, 1.807) is 0 Å². The lowest BCUT2D eigenvalue weighted by Crippen LogP contribution is -2.72. The van der Waals surface area contributed by atoms with E-state index in [-0.39, 0.29) is 47.4 Å². The molecule has 368 valence electrons. The van der Waals surface area contributed by atoms with Crippen LogP contribution in [0.5, 0.6) is 0 Å². The normalized spacial score (nSPS) is 56.4. The highest BCUT2D eigenvalue weighted by molar-refractivity contribution is 5.85. The van der Waals surface area contributed by atoms with Crippen molar-refractivity contribution in [3.05, 3.63) is 0 Å². The van der Waals surface area contributed by atoms with Crippen LogP contribution in [0.25, 0.3) is 0 Å². The number of rotatable bonds is 8. The molecule has 3 saturated heterocycles. The van der Waals surface area contributed by atoms with Crippen molar-refractivity contribution in [3.8, 4) is 0 Å². The van der Waals surface area contributed by atoms with Crippen molar-refractivity contribution in [2.24, 2.45) is 56.7 Å². The monoisotopic (exact) mass is 915 g/mol. The van der Waals surface area contributed by atoms with E-state index in [1.807, 2.05) is 13.8 Å². The fourth-order valence-corrected chi connectivity index (χ4v) is 16.1. The summed E-state index contributed by atoms with van der Waals surface area (Å²) in [4.78, 5) is 15.0. The summed E-state index contributed by atoms with van der Waals surface area (Å²) in [7, 11) is 0. The topological polar surface area (TPSA) is 275 Å². The molecule has 0 aromatic heterocycles. The smallest absolute Gasteiger partial charge is 0.187 e. The molecular weight excluding hydrogens is 837 g/mol. The zero-order valence-corrected chi connectivity index (χ0v) is 39.0. The van der Waals surface area contributed by atoms with E-state index in [9.17, 15) is 55.9 Å². The Morgan fingerprint density at radius 3 is 2.00 bits per heavy atom. The number of ketones is 1. The standard InChI is InChI=1S/C47H78O17/c1-20-30(52)32(54)35(57)40(60-20)63-37-25(18-48)61-41(36(58)33(37)55)64-43(4,5)21-12-14-44(6)22(21)16-28(51)47(9)27(44)11-10-26-45(7)15-13-29(62-39-34(56)31(53)24(50)19-59-39)42(2,3)38(45)23(49)17-46(26,47)8/h20-22,24-41,48,50-58H,10-19H2,1-9H3. The van der Waals surface area contributed by atoms with Gasteiger partial charge in [-0.3, -0.25) is 4.79 Å². The third-order valence-electron chi connectivity index (χ3n) is 19.6. The summed E-state index contributed by atoms with van der Waals surface area (Å²) < 4.78 is 36.1. The second kappa shape index (κ2) is 16.9. The second-order valence-electron chi connectivity index (χ2n) is 23.4. The largest absolute Gasteiger partial charge is 0.394 e. The van der Waals surface area contributed by atoms with Crippen LogP contribution >= 0.6 is 0 Å². The van der Waals surface area contributed by atoms with Crippen molar-refractivity contribution in [1.29, 1.82) is 0 Å². The Kier molecular flexibility index (Phi) is 13.0. The van der Waals surface area contributed by atoms with Gasteiger partial charge in [0.2, 0.25) is 0 Å². The van der Waals surface area contributed by atoms with Gasteiger partial charge in [-0.15, -0.1) is 0 Å². The van der Waals surface area contributed by atoms with Crippen molar-refractivity contribution < 1.29 is 84.3 Å². The molecule has 0 spiro atoms. The lowest BCUT2D eigenvalue weighted by atomic mass is 9.31. The number of carbonyl (C=O) groups is 1. The summed E-state index contributed by atoms with van der Waals surface area (Å²) in [6, 6.07) is 0. The van der Waals surface area contributed by atoms with Gasteiger partial charge in [-0.2, -0.15) is 0 Å². The van der Waals surface area contributed by atoms with Crippen LogP contribution < -0.4 is 0 Å². The number of aliphatic hydroxyl groups is 10. The zero-order chi connectivity index (χ0) is 47.0. The molecular formula is C47H78O17. The average Bonchev–Trinajstić information content (AvgIpc) is 3.57. The molecule has 5 aliphatic carbocycles. The third kappa shape index (κ3) is 7.26. The number of aliphatic hydroxyl groups excluding tert-OH is 10. The fraction of sp³-hybridized carbons (Fsp3) is 0.979. The van der Waals surface area contributed by atoms with E-state index in [1.165, 1.54) is 6.92 Å². The summed E-state index contributed by atoms with van der Waals surface area (Å²) in [6.45, 7) is 17.7. The molecule has 25 atom stereocenters. The molecule has 17 nitrogen and oxygen atoms in total. The van der Waals surface area contributed by atoms with Crippen LogP contribution in [0.15, 0.2) is 0 Å². The highest BCUT2D eigenvalue weighted by Crippen LogP contribution is 2.78. The van der Waals surface area contributed by atoms with Crippen LogP contribution in [-0.2, 0) is 33.2 Å². The summed E-state index contributed by atoms with van der Waals surface area (Å²) in [5.41, 5.74) is -3.34. The molecule has 8 aliphatic rings. The van der Waals surface area contributed by atoms with Gasteiger partial charge in [-0.1, -0.05) is 41.5 Å². The van der Waals surface area contributed by atoms with Crippen LogP contribution in [0, 0.1) is 56.7 Å². The van der Waals surface area contributed by atoms with Crippen LogP contribution in [0.1, 0.15) is 114 Å². The number of hydrogen-bond donors (Lipinski definition) is 10. The van der Waals surface area contributed by atoms with Gasteiger partial charge in [0.15, 0.2) is 18.9 Å². The number of Topliss-reactive ketones (excluding diaryl/α,β-unsaturated/α-hetero) is 1. The summed E-state index contributed by atoms with van der Waals surface area (Å²) in [5.74, 6) is -0.0911. The lowest BCUT2D eigenvalue weighted by molar-refractivity contribution is -0.368. The molecule has 0 amide bonds. The third-order valence-corrected chi connectivity index (χ3v) is 19.6. The number of hydrogen-bond acceptors (Lipinski definition) is 17. The molecule has 3 aliphatic heterocycles. The zero-order valence-electron chi connectivity index (χ0n) is 39.0. The van der Waals surface area contributed by atoms with E-state index in [0.717, 1.165) is 25.7 Å². The second-order valence-corrected chi connectivity index (χ2v) is 23.4. The molecule has 0 aromatic carbocycles. The van der Waals surface area contributed by atoms with Crippen molar-refractivity contribution >= 4 is 5.78 Å². The van der Waals surface area contributed by atoms with Crippen molar-refractivity contribution in [3.63, 3.8) is 0 Å². The Balaban J connectivity index is 0.982. The maximum Gasteiger partial charge on any atom is 0.187 e. The molecule has 5 saturated carbocycles. The number of ether oxygens (including phenoxy) is 6. The van der Waals surface area contributed by atoms with Gasteiger partial charge in [-0.05, 0) is 106 Å². The van der Waals surface area contributed by atoms with E-state index in [4.69, 9.17) is 28.4 Å². The first-order chi connectivity index (χ1) is 29.7. The molecule has 3 heterocycles. The maximum atomic E-state index is 15.0. The Morgan fingerprint density at radius 1 is 0.703 bits per heavy atom. The lowest BCUT2D eigenvalue weighted by Gasteiger charge is -2.73.